The predicted octanol–water partition coefficient (Wildman–Crippen LogP) is 9.83. The summed E-state index contributed by atoms with van der Waals surface area (Å²) in [5.41, 5.74) is 1.29. The highest BCUT2D eigenvalue weighted by Crippen LogP contribution is 2.18. The maximum absolute atomic E-state index is 10.4. The molecule has 0 unspecified atom stereocenters. The van der Waals surface area contributed by atoms with E-state index in [2.05, 4.69) is 26.8 Å². The van der Waals surface area contributed by atoms with E-state index in [-0.39, 0.29) is 17.3 Å². The Morgan fingerprint density at radius 1 is 0.842 bits per heavy atom. The van der Waals surface area contributed by atoms with Gasteiger partial charge in [-0.25, -0.2) is 0 Å². The fraction of sp³-hybridized carbons (Fsp3) is 0.613. The van der Waals surface area contributed by atoms with Gasteiger partial charge in [-0.2, -0.15) is 0 Å². The van der Waals surface area contributed by atoms with Crippen molar-refractivity contribution in [3.05, 3.63) is 48.0 Å². The third-order valence-corrected chi connectivity index (χ3v) is 5.87. The molecule has 0 aliphatic carbocycles. The fourth-order valence-corrected chi connectivity index (χ4v) is 3.09. The molecule has 222 valence electrons. The van der Waals surface area contributed by atoms with E-state index in [1.165, 1.54) is 43.9 Å². The van der Waals surface area contributed by atoms with Crippen LogP contribution in [0.4, 0.5) is 0 Å². The minimum absolute atomic E-state index is 0.109. The number of ketones is 4. The summed E-state index contributed by atoms with van der Waals surface area (Å²) in [6, 6.07) is 3.79. The van der Waals surface area contributed by atoms with Crippen molar-refractivity contribution < 1.29 is 23.6 Å². The number of Topliss-reactive ketones (excluding diaryl/α,β-unsaturated/α-hetero) is 3. The van der Waals surface area contributed by atoms with Gasteiger partial charge in [-0.05, 0) is 93.4 Å². The lowest BCUT2D eigenvalue weighted by Crippen LogP contribution is -1.86. The number of rotatable bonds is 10. The Kier molecular flexibility index (Phi) is 48.0. The lowest BCUT2D eigenvalue weighted by molar-refractivity contribution is -0.117. The third kappa shape index (κ3) is 83.9. The minimum atomic E-state index is 0.109. The number of unbranched alkanes of at least 4 members (excludes halogenated alkanes) is 1. The molecule has 0 amide bonds. The molecule has 1 aromatic rings. The van der Waals surface area contributed by atoms with Crippen LogP contribution in [0.15, 0.2) is 46.6 Å². The minimum Gasteiger partial charge on any atom is -0.470 e. The van der Waals surface area contributed by atoms with Crippen LogP contribution in [0.5, 0.6) is 0 Å². The molecule has 0 saturated carbocycles. The predicted molar refractivity (Wildman–Crippen MR) is 171 cm³/mol. The highest BCUT2D eigenvalue weighted by Gasteiger charge is 1.88. The van der Waals surface area contributed by atoms with Crippen LogP contribution in [-0.2, 0) is 19.2 Å². The molecular formula is C31H56O5S2. The maximum Gasteiger partial charge on any atom is 0.152 e. The molecule has 0 atom stereocenters. The van der Waals surface area contributed by atoms with E-state index in [0.29, 0.717) is 12.2 Å². The summed E-state index contributed by atoms with van der Waals surface area (Å²) in [7, 11) is 3.85. The number of aryl methyl sites for hydroxylation is 1. The molecule has 0 N–H and O–H groups in total. The quantitative estimate of drug-likeness (QED) is 0.119. The first-order valence-electron chi connectivity index (χ1n) is 13.2. The van der Waals surface area contributed by atoms with E-state index in [9.17, 15) is 19.2 Å². The van der Waals surface area contributed by atoms with Gasteiger partial charge in [0.15, 0.2) is 5.78 Å². The molecule has 0 radical (unpaired) electrons. The van der Waals surface area contributed by atoms with E-state index >= 15 is 0 Å². The fourth-order valence-electron chi connectivity index (χ4n) is 1.75. The van der Waals surface area contributed by atoms with Crippen LogP contribution in [0.2, 0.25) is 0 Å². The zero-order valence-electron chi connectivity index (χ0n) is 26.3. The van der Waals surface area contributed by atoms with Gasteiger partial charge in [0.05, 0.1) is 6.26 Å². The second-order valence-corrected chi connectivity index (χ2v) is 11.4. The summed E-state index contributed by atoms with van der Waals surface area (Å²) in [6.45, 7) is 22.1. The molecular weight excluding hydrogens is 516 g/mol. The molecule has 1 aromatic heterocycles. The summed E-state index contributed by atoms with van der Waals surface area (Å²) >= 11 is 0. The molecule has 5 nitrogen and oxygen atoms in total. The summed E-state index contributed by atoms with van der Waals surface area (Å²) in [4.78, 5) is 40.0. The van der Waals surface area contributed by atoms with Crippen molar-refractivity contribution >= 4 is 44.7 Å². The van der Waals surface area contributed by atoms with Crippen molar-refractivity contribution in [1.82, 2.24) is 0 Å². The van der Waals surface area contributed by atoms with Crippen molar-refractivity contribution in [2.75, 3.05) is 11.5 Å². The van der Waals surface area contributed by atoms with E-state index < -0.39 is 0 Å². The zero-order chi connectivity index (χ0) is 30.8. The number of hydrogen-bond acceptors (Lipinski definition) is 7. The van der Waals surface area contributed by atoms with Crippen LogP contribution >= 0.6 is 21.6 Å². The highest BCUT2D eigenvalue weighted by molar-refractivity contribution is 8.76. The molecule has 38 heavy (non-hydrogen) atoms. The van der Waals surface area contributed by atoms with Gasteiger partial charge in [0, 0.05) is 24.3 Å². The van der Waals surface area contributed by atoms with Crippen molar-refractivity contribution in [3.8, 4) is 0 Å². The van der Waals surface area contributed by atoms with Crippen LogP contribution in [0.25, 0.3) is 0 Å². The topological polar surface area (TPSA) is 81.4 Å². The summed E-state index contributed by atoms with van der Waals surface area (Å²) < 4.78 is 4.83. The van der Waals surface area contributed by atoms with E-state index in [1.807, 2.05) is 61.4 Å². The van der Waals surface area contributed by atoms with Crippen molar-refractivity contribution in [2.45, 2.75) is 115 Å². The number of carbonyl (C=O) groups is 4. The summed E-state index contributed by atoms with van der Waals surface area (Å²) in [5, 5.41) is 0. The third-order valence-electron chi connectivity index (χ3n) is 3.32. The number of allylic oxidation sites excluding steroid dienone is 4. The van der Waals surface area contributed by atoms with Crippen molar-refractivity contribution in [3.63, 3.8) is 0 Å². The second kappa shape index (κ2) is 39.6. The molecule has 1 rings (SSSR count). The molecule has 0 aliphatic heterocycles. The first-order chi connectivity index (χ1) is 17.7. The molecule has 0 saturated heterocycles. The zero-order valence-corrected chi connectivity index (χ0v) is 27.9. The molecule has 0 spiro atoms. The summed E-state index contributed by atoms with van der Waals surface area (Å²) in [6.07, 6.45) is 11.5. The molecule has 0 aromatic carbocycles. The first-order valence-corrected chi connectivity index (χ1v) is 15.7. The maximum atomic E-state index is 10.4. The Morgan fingerprint density at radius 2 is 1.32 bits per heavy atom. The lowest BCUT2D eigenvalue weighted by atomic mass is 10.2. The standard InChI is InChI=1S/C8H14O.C6H12O.C5H6O.C5H8O.C4H10S2.C3H6O/c1-7(2)5-4-6-8(3)9;1-3-4-5-6(2)7;1-5-3-2-4-6-5;1-3-4-5(2)6;1-3-5-6-4-2;1-3(2)4/h5H,4,6H2,1-3H3;3-5H2,1-2H3;2-4H,1H3;3-4H,1-2H3;3-4H2,1-2H3;1-2H3. The van der Waals surface area contributed by atoms with E-state index in [1.54, 1.807) is 26.2 Å². The van der Waals surface area contributed by atoms with Crippen LogP contribution in [-0.4, -0.2) is 34.6 Å². The Balaban J connectivity index is -0.000000116. The SMILES string of the molecule is CC(=O)CCC=C(C)C.CC(C)=O.CC=CC(C)=O.CCCCC(C)=O.CCSSCC.Cc1ccco1. The smallest absolute Gasteiger partial charge is 0.152 e. The number of furan rings is 1. The Hall–Kier alpha value is -1.86. The highest BCUT2D eigenvalue weighted by atomic mass is 33.1. The second-order valence-electron chi connectivity index (χ2n) is 8.38. The molecule has 0 fully saturated rings. The monoisotopic (exact) mass is 572 g/mol. The van der Waals surface area contributed by atoms with E-state index in [4.69, 9.17) is 4.42 Å². The molecule has 0 bridgehead atoms. The van der Waals surface area contributed by atoms with Crippen LogP contribution in [0.3, 0.4) is 0 Å². The largest absolute Gasteiger partial charge is 0.470 e. The van der Waals surface area contributed by atoms with Gasteiger partial charge >= 0.3 is 0 Å². The van der Waals surface area contributed by atoms with E-state index in [0.717, 1.165) is 31.4 Å². The average molecular weight is 573 g/mol. The van der Waals surface area contributed by atoms with Crippen LogP contribution in [0.1, 0.15) is 114 Å². The van der Waals surface area contributed by atoms with Crippen LogP contribution < -0.4 is 0 Å². The van der Waals surface area contributed by atoms with Crippen molar-refractivity contribution in [2.24, 2.45) is 0 Å². The Labute approximate surface area is 242 Å². The Morgan fingerprint density at radius 3 is 1.47 bits per heavy atom. The number of hydrogen-bond donors (Lipinski definition) is 0. The normalized spacial score (nSPS) is 8.74. The van der Waals surface area contributed by atoms with Gasteiger partial charge in [0.2, 0.25) is 0 Å². The lowest BCUT2D eigenvalue weighted by Gasteiger charge is -1.89. The van der Waals surface area contributed by atoms with Gasteiger partial charge in [0.1, 0.15) is 23.1 Å². The molecule has 7 heteroatoms. The first kappa shape index (κ1) is 46.0. The molecule has 1 heterocycles. The number of carbonyl (C=O) groups excluding carboxylic acids is 4. The van der Waals surface area contributed by atoms with Gasteiger partial charge < -0.3 is 18.8 Å². The van der Waals surface area contributed by atoms with Gasteiger partial charge in [-0.3, -0.25) is 4.79 Å². The average Bonchev–Trinajstić information content (AvgIpc) is 3.28. The molecule has 0 aliphatic rings. The van der Waals surface area contributed by atoms with Gasteiger partial charge in [-0.1, -0.05) is 66.5 Å². The van der Waals surface area contributed by atoms with Gasteiger partial charge in [-0.15, -0.1) is 0 Å². The van der Waals surface area contributed by atoms with Gasteiger partial charge in [0.25, 0.3) is 0 Å². The summed E-state index contributed by atoms with van der Waals surface area (Å²) in [5.74, 6) is 4.29. The van der Waals surface area contributed by atoms with Crippen molar-refractivity contribution in [1.29, 1.82) is 0 Å². The Bertz CT molecular complexity index is 709. The van der Waals surface area contributed by atoms with Crippen LogP contribution in [0, 0.1) is 6.92 Å².